The van der Waals surface area contributed by atoms with Crippen molar-refractivity contribution < 1.29 is 4.92 Å². The van der Waals surface area contributed by atoms with Gasteiger partial charge in [0.2, 0.25) is 0 Å². The molecule has 21 heavy (non-hydrogen) atoms. The van der Waals surface area contributed by atoms with Crippen LogP contribution in [0.15, 0.2) is 12.1 Å². The van der Waals surface area contributed by atoms with Crippen molar-refractivity contribution in [1.82, 2.24) is 9.55 Å². The van der Waals surface area contributed by atoms with Gasteiger partial charge in [-0.05, 0) is 18.9 Å². The van der Waals surface area contributed by atoms with Crippen LogP contribution in [-0.4, -0.2) is 14.5 Å². The summed E-state index contributed by atoms with van der Waals surface area (Å²) in [5.74, 6) is 0.884. The van der Waals surface area contributed by atoms with Crippen LogP contribution in [0.3, 0.4) is 0 Å². The van der Waals surface area contributed by atoms with Gasteiger partial charge in [-0.1, -0.05) is 34.8 Å². The smallest absolute Gasteiger partial charge is 0.288 e. The first kappa shape index (κ1) is 14.6. The molecule has 0 saturated heterocycles. The molecule has 1 aliphatic heterocycles. The maximum Gasteiger partial charge on any atom is 0.288 e. The lowest BCUT2D eigenvalue weighted by molar-refractivity contribution is -0.384. The summed E-state index contributed by atoms with van der Waals surface area (Å²) in [6.07, 6.45) is 2.94. The minimum absolute atomic E-state index is 0.00570. The fraction of sp³-hybridized carbons (Fsp3) is 0.308. The highest BCUT2D eigenvalue weighted by atomic mass is 35.5. The quantitative estimate of drug-likeness (QED) is 0.582. The normalized spacial score (nSPS) is 14.0. The second-order valence-corrected chi connectivity index (χ2v) is 5.99. The summed E-state index contributed by atoms with van der Waals surface area (Å²) in [7, 11) is 0. The molecule has 0 atom stereocenters. The summed E-state index contributed by atoms with van der Waals surface area (Å²) < 4.78 is 1.93. The standard InChI is InChI=1S/C13H10Cl3N3O2/c14-8-6-9(15)10(19(20)21)5-7(8)12-13(16)18-4-2-1-3-11(18)17-12/h5-6H,1-4H2. The number of hydrogen-bond acceptors (Lipinski definition) is 3. The molecular formula is C13H10Cl3N3O2. The molecule has 0 amide bonds. The Labute approximate surface area is 135 Å². The number of fused-ring (bicyclic) bond motifs is 1. The second kappa shape index (κ2) is 5.48. The molecule has 2 heterocycles. The van der Waals surface area contributed by atoms with E-state index in [4.69, 9.17) is 34.8 Å². The van der Waals surface area contributed by atoms with Crippen molar-refractivity contribution in [3.8, 4) is 11.3 Å². The van der Waals surface area contributed by atoms with Crippen molar-refractivity contribution in [3.63, 3.8) is 0 Å². The number of halogens is 3. The van der Waals surface area contributed by atoms with E-state index in [0.717, 1.165) is 31.6 Å². The third kappa shape index (κ3) is 2.50. The topological polar surface area (TPSA) is 61.0 Å². The number of aromatic nitrogens is 2. The van der Waals surface area contributed by atoms with Crippen molar-refractivity contribution in [3.05, 3.63) is 43.3 Å². The Balaban J connectivity index is 2.19. The Morgan fingerprint density at radius 1 is 1.19 bits per heavy atom. The van der Waals surface area contributed by atoms with E-state index in [2.05, 4.69) is 4.98 Å². The van der Waals surface area contributed by atoms with E-state index < -0.39 is 4.92 Å². The molecule has 1 aromatic heterocycles. The number of hydrogen-bond donors (Lipinski definition) is 0. The molecule has 0 unspecified atom stereocenters. The summed E-state index contributed by atoms with van der Waals surface area (Å²) in [5, 5.41) is 11.8. The highest BCUT2D eigenvalue weighted by molar-refractivity contribution is 6.38. The summed E-state index contributed by atoms with van der Waals surface area (Å²) in [5.41, 5.74) is 0.691. The van der Waals surface area contributed by atoms with Crippen LogP contribution in [-0.2, 0) is 13.0 Å². The van der Waals surface area contributed by atoms with Gasteiger partial charge in [0.1, 0.15) is 21.7 Å². The number of imidazole rings is 1. The van der Waals surface area contributed by atoms with Crippen LogP contribution in [0.4, 0.5) is 5.69 Å². The molecule has 0 aliphatic carbocycles. The van der Waals surface area contributed by atoms with Gasteiger partial charge in [-0.15, -0.1) is 0 Å². The van der Waals surface area contributed by atoms with Crippen molar-refractivity contribution in [2.24, 2.45) is 0 Å². The van der Waals surface area contributed by atoms with Crippen LogP contribution < -0.4 is 0 Å². The maximum atomic E-state index is 11.0. The van der Waals surface area contributed by atoms with Crippen molar-refractivity contribution in [1.29, 1.82) is 0 Å². The molecule has 0 saturated carbocycles. The zero-order chi connectivity index (χ0) is 15.1. The molecule has 1 aliphatic rings. The first-order valence-corrected chi connectivity index (χ1v) is 7.51. The molecule has 5 nitrogen and oxygen atoms in total. The van der Waals surface area contributed by atoms with Crippen LogP contribution in [0.1, 0.15) is 18.7 Å². The Kier molecular flexibility index (Phi) is 3.82. The van der Waals surface area contributed by atoms with Gasteiger partial charge in [0.15, 0.2) is 0 Å². The van der Waals surface area contributed by atoms with E-state index in [1.54, 1.807) is 0 Å². The Hall–Kier alpha value is -1.30. The molecule has 0 fully saturated rings. The summed E-state index contributed by atoms with van der Waals surface area (Å²) >= 11 is 18.4. The van der Waals surface area contributed by atoms with E-state index >= 15 is 0 Å². The van der Waals surface area contributed by atoms with Crippen molar-refractivity contribution >= 4 is 40.5 Å². The number of nitro benzene ring substituents is 1. The van der Waals surface area contributed by atoms with Crippen LogP contribution in [0.25, 0.3) is 11.3 Å². The Morgan fingerprint density at radius 3 is 2.62 bits per heavy atom. The van der Waals surface area contributed by atoms with Crippen LogP contribution >= 0.6 is 34.8 Å². The van der Waals surface area contributed by atoms with Crippen LogP contribution in [0, 0.1) is 10.1 Å². The van der Waals surface area contributed by atoms with Gasteiger partial charge in [-0.25, -0.2) is 4.98 Å². The third-order valence-electron chi connectivity index (χ3n) is 3.51. The van der Waals surface area contributed by atoms with Gasteiger partial charge in [0, 0.05) is 24.6 Å². The lowest BCUT2D eigenvalue weighted by Gasteiger charge is -2.13. The molecule has 110 valence electrons. The SMILES string of the molecule is O=[N+]([O-])c1cc(-c2nc3n(c2Cl)CCCC3)c(Cl)cc1Cl. The minimum Gasteiger partial charge on any atom is -0.319 e. The average molecular weight is 347 g/mol. The zero-order valence-corrected chi connectivity index (χ0v) is 13.0. The Bertz CT molecular complexity index is 743. The highest BCUT2D eigenvalue weighted by Gasteiger charge is 2.24. The third-order valence-corrected chi connectivity index (χ3v) is 4.50. The first-order valence-electron chi connectivity index (χ1n) is 6.37. The van der Waals surface area contributed by atoms with E-state index in [1.165, 1.54) is 12.1 Å². The van der Waals surface area contributed by atoms with E-state index in [1.807, 2.05) is 4.57 Å². The van der Waals surface area contributed by atoms with Crippen LogP contribution in [0.2, 0.25) is 15.2 Å². The van der Waals surface area contributed by atoms with E-state index in [9.17, 15) is 10.1 Å². The predicted molar refractivity (Wildman–Crippen MR) is 82.3 cm³/mol. The largest absolute Gasteiger partial charge is 0.319 e. The second-order valence-electron chi connectivity index (χ2n) is 4.82. The number of benzene rings is 1. The molecule has 0 N–H and O–H groups in total. The summed E-state index contributed by atoms with van der Waals surface area (Å²) in [6.45, 7) is 0.800. The molecule has 8 heteroatoms. The highest BCUT2D eigenvalue weighted by Crippen LogP contribution is 2.39. The molecule has 3 rings (SSSR count). The van der Waals surface area contributed by atoms with Gasteiger partial charge in [0.05, 0.1) is 9.95 Å². The molecule has 0 bridgehead atoms. The molecule has 1 aromatic carbocycles. The summed E-state index contributed by atoms with van der Waals surface area (Å²) in [6, 6.07) is 2.68. The van der Waals surface area contributed by atoms with E-state index in [-0.39, 0.29) is 10.7 Å². The fourth-order valence-electron chi connectivity index (χ4n) is 2.48. The van der Waals surface area contributed by atoms with Crippen LogP contribution in [0.5, 0.6) is 0 Å². The molecule has 0 radical (unpaired) electrons. The average Bonchev–Trinajstić information content (AvgIpc) is 2.76. The minimum atomic E-state index is -0.550. The lowest BCUT2D eigenvalue weighted by atomic mass is 10.1. The van der Waals surface area contributed by atoms with Gasteiger partial charge >= 0.3 is 0 Å². The number of nitrogens with zero attached hydrogens (tertiary/aromatic N) is 3. The van der Waals surface area contributed by atoms with Crippen molar-refractivity contribution in [2.45, 2.75) is 25.8 Å². The van der Waals surface area contributed by atoms with Gasteiger partial charge in [0.25, 0.3) is 5.69 Å². The first-order chi connectivity index (χ1) is 9.99. The zero-order valence-electron chi connectivity index (χ0n) is 10.8. The number of nitro groups is 1. The fourth-order valence-corrected chi connectivity index (χ4v) is 3.35. The summed E-state index contributed by atoms with van der Waals surface area (Å²) in [4.78, 5) is 15.0. The predicted octanol–water partition coefficient (Wildman–Crippen LogP) is 4.75. The lowest BCUT2D eigenvalue weighted by Crippen LogP contribution is -2.10. The van der Waals surface area contributed by atoms with Gasteiger partial charge in [-0.3, -0.25) is 10.1 Å². The van der Waals surface area contributed by atoms with Gasteiger partial charge < -0.3 is 4.57 Å². The van der Waals surface area contributed by atoms with Crippen molar-refractivity contribution in [2.75, 3.05) is 0 Å². The van der Waals surface area contributed by atoms with E-state index in [0.29, 0.717) is 21.4 Å². The number of aryl methyl sites for hydroxylation is 1. The monoisotopic (exact) mass is 345 g/mol. The molecule has 0 spiro atoms. The Morgan fingerprint density at radius 2 is 1.95 bits per heavy atom. The maximum absolute atomic E-state index is 11.0. The molecule has 2 aromatic rings. The van der Waals surface area contributed by atoms with Gasteiger partial charge in [-0.2, -0.15) is 0 Å². The molecular weight excluding hydrogens is 337 g/mol. The number of rotatable bonds is 2.